The van der Waals surface area contributed by atoms with Gasteiger partial charge in [0.1, 0.15) is 0 Å². The average molecular weight is 1300 g/mol. The molecule has 16 heteroatoms. The normalized spacial score (nSPS) is 10.8. The molecule has 0 unspecified atom stereocenters. The first-order valence-corrected chi connectivity index (χ1v) is 30.6. The molecule has 16 nitrogen and oxygen atoms in total. The number of methoxy groups -OCH3 is 8. The summed E-state index contributed by atoms with van der Waals surface area (Å²) in [7, 11) is 12.3. The molecule has 0 spiro atoms. The highest BCUT2D eigenvalue weighted by Gasteiger charge is 2.19. The van der Waals surface area contributed by atoms with Gasteiger partial charge in [0.2, 0.25) is 0 Å². The molecule has 96 heavy (non-hydrogen) atoms. The van der Waals surface area contributed by atoms with E-state index in [1.807, 2.05) is 152 Å². The molecule has 0 aliphatic heterocycles. The summed E-state index contributed by atoms with van der Waals surface area (Å²) in [6.45, 7) is 15.4. The fourth-order valence-corrected chi connectivity index (χ4v) is 12.1. The number of aryl methyl sites for hydroxylation is 4. The van der Waals surface area contributed by atoms with Crippen LogP contribution in [0, 0.1) is 55.4 Å². The largest absolute Gasteiger partial charge is 0.504 e. The SMILES string of the molecule is COc1cc2cc(-c3ccc(OC)c(O)c3C)cc(C)c2cc1O.COc1cc2cc(-c3ccc(OC)c(O)c3C)cc(C)c2cc1O.COc1cc2cc(-c3ccc(OC)c(O)c3C)cc(C)c2cc1O.COc1cc2cc(-c3ccc(OC)c(O)c3C)cc(C)c2cc1O. The van der Waals surface area contributed by atoms with Gasteiger partial charge in [0.05, 0.1) is 56.9 Å². The molecule has 0 aliphatic carbocycles. The van der Waals surface area contributed by atoms with Crippen LogP contribution in [-0.2, 0) is 0 Å². The van der Waals surface area contributed by atoms with E-state index >= 15 is 0 Å². The third kappa shape index (κ3) is 13.6. The van der Waals surface area contributed by atoms with E-state index in [1.54, 1.807) is 48.5 Å². The quantitative estimate of drug-likeness (QED) is 0.0568. The van der Waals surface area contributed by atoms with Crippen molar-refractivity contribution in [3.8, 4) is 136 Å². The Bertz CT molecular complexity index is 4330. The number of aromatic hydroxyl groups is 8. The first-order chi connectivity index (χ1) is 45.8. The number of rotatable bonds is 12. The van der Waals surface area contributed by atoms with Crippen molar-refractivity contribution in [1.29, 1.82) is 0 Å². The van der Waals surface area contributed by atoms with E-state index in [0.717, 1.165) is 132 Å². The Balaban J connectivity index is 0.000000150. The van der Waals surface area contributed by atoms with Gasteiger partial charge in [-0.15, -0.1) is 0 Å². The minimum Gasteiger partial charge on any atom is -0.504 e. The fourth-order valence-electron chi connectivity index (χ4n) is 12.1. The molecule has 0 radical (unpaired) electrons. The Morgan fingerprint density at radius 3 is 0.552 bits per heavy atom. The molecule has 0 fully saturated rings. The standard InChI is InChI=1S/4C20H20O4/c4*1-11-7-13(15-5-6-18(23-3)20(22)12(15)2)8-14-9-19(24-4)17(21)10-16(11)14/h4*5-10,21-22H,1-4H3. The molecular weight excluding hydrogens is 1220 g/mol. The monoisotopic (exact) mass is 1300 g/mol. The van der Waals surface area contributed by atoms with Crippen LogP contribution >= 0.6 is 0 Å². The van der Waals surface area contributed by atoms with Crippen LogP contribution in [0.5, 0.6) is 92.0 Å². The van der Waals surface area contributed by atoms with Gasteiger partial charge in [-0.05, 0) is 262 Å². The molecule has 496 valence electrons. The Morgan fingerprint density at radius 1 is 0.208 bits per heavy atom. The minimum atomic E-state index is 0.124. The van der Waals surface area contributed by atoms with Gasteiger partial charge in [0.15, 0.2) is 92.0 Å². The molecule has 12 aromatic carbocycles. The zero-order chi connectivity index (χ0) is 69.7. The summed E-state index contributed by atoms with van der Waals surface area (Å²) in [5, 5.41) is 88.7. The number of fused-ring (bicyclic) bond motifs is 4. The molecule has 12 rings (SSSR count). The first-order valence-electron chi connectivity index (χ1n) is 30.6. The molecule has 0 amide bonds. The number of hydrogen-bond acceptors (Lipinski definition) is 16. The predicted octanol–water partition coefficient (Wildman–Crippen LogP) is 18.2. The summed E-state index contributed by atoms with van der Waals surface area (Å²) >= 11 is 0. The lowest BCUT2D eigenvalue weighted by atomic mass is 9.94. The summed E-state index contributed by atoms with van der Waals surface area (Å²) in [4.78, 5) is 0. The van der Waals surface area contributed by atoms with E-state index in [1.165, 1.54) is 56.9 Å². The number of ether oxygens (including phenoxy) is 8. The molecule has 12 aromatic rings. The van der Waals surface area contributed by atoms with Crippen LogP contribution in [0.25, 0.3) is 87.6 Å². The summed E-state index contributed by atoms with van der Waals surface area (Å²) in [5.74, 6) is 4.68. The zero-order valence-corrected chi connectivity index (χ0v) is 56.7. The molecular formula is C80H80O16. The van der Waals surface area contributed by atoms with E-state index in [-0.39, 0.29) is 46.0 Å². The Morgan fingerprint density at radius 2 is 0.385 bits per heavy atom. The van der Waals surface area contributed by atoms with Crippen molar-refractivity contribution >= 4 is 43.1 Å². The van der Waals surface area contributed by atoms with Crippen LogP contribution < -0.4 is 37.9 Å². The molecule has 0 bridgehead atoms. The topological polar surface area (TPSA) is 236 Å². The van der Waals surface area contributed by atoms with Crippen LogP contribution in [0.4, 0.5) is 0 Å². The van der Waals surface area contributed by atoms with E-state index in [0.29, 0.717) is 46.0 Å². The Kier molecular flexibility index (Phi) is 20.6. The van der Waals surface area contributed by atoms with Gasteiger partial charge in [-0.3, -0.25) is 0 Å². The van der Waals surface area contributed by atoms with Crippen molar-refractivity contribution in [2.45, 2.75) is 55.4 Å². The molecule has 0 heterocycles. The van der Waals surface area contributed by atoms with E-state index < -0.39 is 0 Å². The lowest BCUT2D eigenvalue weighted by Gasteiger charge is -2.14. The zero-order valence-electron chi connectivity index (χ0n) is 56.7. The van der Waals surface area contributed by atoms with Crippen molar-refractivity contribution in [1.82, 2.24) is 0 Å². The highest BCUT2D eigenvalue weighted by atomic mass is 16.5. The highest BCUT2D eigenvalue weighted by molar-refractivity contribution is 5.97. The maximum atomic E-state index is 10.3. The third-order valence-electron chi connectivity index (χ3n) is 17.5. The van der Waals surface area contributed by atoms with Crippen LogP contribution in [0.15, 0.2) is 146 Å². The van der Waals surface area contributed by atoms with Gasteiger partial charge in [0, 0.05) is 22.3 Å². The van der Waals surface area contributed by atoms with Crippen LogP contribution in [0.3, 0.4) is 0 Å². The second-order valence-corrected chi connectivity index (χ2v) is 23.3. The van der Waals surface area contributed by atoms with Gasteiger partial charge < -0.3 is 78.7 Å². The van der Waals surface area contributed by atoms with Crippen molar-refractivity contribution < 1.29 is 78.7 Å². The van der Waals surface area contributed by atoms with E-state index in [9.17, 15) is 40.9 Å². The summed E-state index contributed by atoms with van der Waals surface area (Å²) in [6, 6.07) is 45.2. The lowest BCUT2D eigenvalue weighted by Crippen LogP contribution is -1.91. The van der Waals surface area contributed by atoms with Gasteiger partial charge in [-0.25, -0.2) is 0 Å². The third-order valence-corrected chi connectivity index (χ3v) is 17.5. The van der Waals surface area contributed by atoms with Crippen LogP contribution in [0.1, 0.15) is 44.5 Å². The summed E-state index contributed by atoms with van der Waals surface area (Å²) in [6.07, 6.45) is 0. The lowest BCUT2D eigenvalue weighted by molar-refractivity contribution is 0.372. The summed E-state index contributed by atoms with van der Waals surface area (Å²) in [5.41, 5.74) is 14.9. The molecule has 8 N–H and O–H groups in total. The predicted molar refractivity (Wildman–Crippen MR) is 381 cm³/mol. The van der Waals surface area contributed by atoms with Crippen LogP contribution in [-0.4, -0.2) is 97.7 Å². The van der Waals surface area contributed by atoms with Crippen LogP contribution in [0.2, 0.25) is 0 Å². The second-order valence-electron chi connectivity index (χ2n) is 23.3. The maximum absolute atomic E-state index is 10.3. The van der Waals surface area contributed by atoms with Gasteiger partial charge in [0.25, 0.3) is 0 Å². The van der Waals surface area contributed by atoms with Gasteiger partial charge in [-0.1, -0.05) is 48.5 Å². The molecule has 0 aromatic heterocycles. The number of hydrogen-bond donors (Lipinski definition) is 8. The highest BCUT2D eigenvalue weighted by Crippen LogP contribution is 2.45. The minimum absolute atomic E-state index is 0.124. The molecule has 0 atom stereocenters. The molecule has 0 aliphatic rings. The molecule has 0 saturated carbocycles. The maximum Gasteiger partial charge on any atom is 0.161 e. The van der Waals surface area contributed by atoms with Crippen molar-refractivity contribution in [2.24, 2.45) is 0 Å². The Labute approximate surface area is 558 Å². The fraction of sp³-hybridized carbons (Fsp3) is 0.200. The van der Waals surface area contributed by atoms with Crippen molar-refractivity contribution in [2.75, 3.05) is 56.9 Å². The second kappa shape index (κ2) is 28.8. The van der Waals surface area contributed by atoms with Crippen molar-refractivity contribution in [3.05, 3.63) is 190 Å². The molecule has 0 saturated heterocycles. The van der Waals surface area contributed by atoms with Crippen molar-refractivity contribution in [3.63, 3.8) is 0 Å². The van der Waals surface area contributed by atoms with E-state index in [4.69, 9.17) is 37.9 Å². The smallest absolute Gasteiger partial charge is 0.161 e. The number of phenols is 8. The Hall–Kier alpha value is -11.5. The van der Waals surface area contributed by atoms with Gasteiger partial charge in [-0.2, -0.15) is 0 Å². The average Bonchev–Trinajstić information content (AvgIpc) is 0.804. The van der Waals surface area contributed by atoms with Gasteiger partial charge >= 0.3 is 0 Å². The number of phenolic OH excluding ortho intramolecular Hbond substituents is 8. The summed E-state index contributed by atoms with van der Waals surface area (Å²) < 4.78 is 41.5. The first kappa shape index (κ1) is 68.8. The van der Waals surface area contributed by atoms with E-state index in [2.05, 4.69) is 0 Å². The number of benzene rings is 12.